The maximum absolute atomic E-state index is 12.5. The van der Waals surface area contributed by atoms with Gasteiger partial charge in [0.25, 0.3) is 0 Å². The van der Waals surface area contributed by atoms with Crippen molar-refractivity contribution in [3.63, 3.8) is 0 Å². The van der Waals surface area contributed by atoms with Gasteiger partial charge in [0, 0.05) is 11.3 Å². The van der Waals surface area contributed by atoms with Gasteiger partial charge in [-0.15, -0.1) is 0 Å². The molecule has 0 bridgehead atoms. The number of nitrogens with one attached hydrogen (secondary N) is 1. The molecule has 22 heavy (non-hydrogen) atoms. The summed E-state index contributed by atoms with van der Waals surface area (Å²) in [5.41, 5.74) is 3.06. The van der Waals surface area contributed by atoms with E-state index in [1.807, 2.05) is 49.4 Å². The number of carbonyl (C=O) groups is 1. The third kappa shape index (κ3) is 3.20. The summed E-state index contributed by atoms with van der Waals surface area (Å²) in [6.45, 7) is 4.04. The van der Waals surface area contributed by atoms with Gasteiger partial charge in [0.15, 0.2) is 0 Å². The first-order chi connectivity index (χ1) is 10.8. The summed E-state index contributed by atoms with van der Waals surface area (Å²) in [6, 6.07) is 18.1. The number of para-hydroxylation sites is 1. The molecule has 1 heterocycles. The van der Waals surface area contributed by atoms with E-state index >= 15 is 0 Å². The minimum Gasteiger partial charge on any atom is -0.324 e. The summed E-state index contributed by atoms with van der Waals surface area (Å²) < 4.78 is 0. The molecule has 1 saturated heterocycles. The smallest absolute Gasteiger partial charge is 0.241 e. The fraction of sp³-hybridized carbons (Fsp3) is 0.316. The fourth-order valence-electron chi connectivity index (χ4n) is 2.99. The summed E-state index contributed by atoms with van der Waals surface area (Å²) in [5.74, 6) is 0.0743. The maximum atomic E-state index is 12.5. The molecule has 2 aromatic carbocycles. The summed E-state index contributed by atoms with van der Waals surface area (Å²) >= 11 is 0. The summed E-state index contributed by atoms with van der Waals surface area (Å²) in [4.78, 5) is 14.8. The fourth-order valence-corrected chi connectivity index (χ4v) is 2.99. The first kappa shape index (κ1) is 14.8. The van der Waals surface area contributed by atoms with Crippen LogP contribution in [0.15, 0.2) is 54.6 Å². The minimum atomic E-state index is -0.0775. The standard InChI is InChI=1S/C19H22N2O/c1-15(21-13-7-8-14-21)19(22)20-18-12-6-5-11-17(18)16-9-3-2-4-10-16/h2-6,9-12,15H,7-8,13-14H2,1H3,(H,20,22). The van der Waals surface area contributed by atoms with E-state index in [0.29, 0.717) is 0 Å². The van der Waals surface area contributed by atoms with E-state index < -0.39 is 0 Å². The van der Waals surface area contributed by atoms with Crippen molar-refractivity contribution in [2.75, 3.05) is 18.4 Å². The molecule has 0 spiro atoms. The molecule has 3 nitrogen and oxygen atoms in total. The van der Waals surface area contributed by atoms with Gasteiger partial charge >= 0.3 is 0 Å². The highest BCUT2D eigenvalue weighted by Crippen LogP contribution is 2.27. The molecule has 2 aromatic rings. The van der Waals surface area contributed by atoms with Gasteiger partial charge in [0.1, 0.15) is 0 Å². The Hall–Kier alpha value is -2.13. The highest BCUT2D eigenvalue weighted by molar-refractivity contribution is 5.98. The van der Waals surface area contributed by atoms with Crippen LogP contribution in [0.4, 0.5) is 5.69 Å². The third-order valence-corrected chi connectivity index (χ3v) is 4.34. The SMILES string of the molecule is CC(C(=O)Nc1ccccc1-c1ccccc1)N1CCCC1. The Morgan fingerprint density at radius 1 is 1.00 bits per heavy atom. The molecule has 3 heteroatoms. The molecule has 1 fully saturated rings. The number of hydrogen-bond acceptors (Lipinski definition) is 2. The first-order valence-electron chi connectivity index (χ1n) is 7.95. The van der Waals surface area contributed by atoms with Crippen LogP contribution in [0.5, 0.6) is 0 Å². The molecule has 3 rings (SSSR count). The van der Waals surface area contributed by atoms with Gasteiger partial charge in [-0.3, -0.25) is 9.69 Å². The molecule has 0 aliphatic carbocycles. The molecule has 1 aliphatic rings. The Morgan fingerprint density at radius 2 is 1.64 bits per heavy atom. The first-order valence-corrected chi connectivity index (χ1v) is 7.95. The molecular formula is C19H22N2O. The number of amides is 1. The lowest BCUT2D eigenvalue weighted by molar-refractivity contribution is -0.120. The van der Waals surface area contributed by atoms with Crippen molar-refractivity contribution < 1.29 is 4.79 Å². The highest BCUT2D eigenvalue weighted by Gasteiger charge is 2.24. The molecule has 1 atom stereocenters. The normalized spacial score (nSPS) is 16.4. The second-order valence-electron chi connectivity index (χ2n) is 5.82. The summed E-state index contributed by atoms with van der Waals surface area (Å²) in [5, 5.41) is 3.11. The number of rotatable bonds is 4. The second-order valence-corrected chi connectivity index (χ2v) is 5.82. The summed E-state index contributed by atoms with van der Waals surface area (Å²) in [6.07, 6.45) is 2.39. The van der Waals surface area contributed by atoms with E-state index in [1.54, 1.807) is 0 Å². The van der Waals surface area contributed by atoms with Crippen LogP contribution in [0.1, 0.15) is 19.8 Å². The van der Waals surface area contributed by atoms with Crippen LogP contribution in [-0.2, 0) is 4.79 Å². The average molecular weight is 294 g/mol. The molecule has 0 saturated carbocycles. The lowest BCUT2D eigenvalue weighted by atomic mass is 10.0. The Balaban J connectivity index is 1.79. The zero-order chi connectivity index (χ0) is 15.4. The van der Waals surface area contributed by atoms with Crippen molar-refractivity contribution in [3.05, 3.63) is 54.6 Å². The van der Waals surface area contributed by atoms with Gasteiger partial charge in [-0.1, -0.05) is 48.5 Å². The van der Waals surface area contributed by atoms with Crippen molar-refractivity contribution in [1.29, 1.82) is 0 Å². The number of carbonyl (C=O) groups excluding carboxylic acids is 1. The Morgan fingerprint density at radius 3 is 2.36 bits per heavy atom. The lowest BCUT2D eigenvalue weighted by Crippen LogP contribution is -2.40. The van der Waals surface area contributed by atoms with Gasteiger partial charge in [0.05, 0.1) is 6.04 Å². The third-order valence-electron chi connectivity index (χ3n) is 4.34. The van der Waals surface area contributed by atoms with Crippen molar-refractivity contribution in [3.8, 4) is 11.1 Å². The highest BCUT2D eigenvalue weighted by atomic mass is 16.2. The molecule has 1 aliphatic heterocycles. The van der Waals surface area contributed by atoms with Crippen LogP contribution >= 0.6 is 0 Å². The zero-order valence-corrected chi connectivity index (χ0v) is 13.0. The van der Waals surface area contributed by atoms with E-state index in [-0.39, 0.29) is 11.9 Å². The maximum Gasteiger partial charge on any atom is 0.241 e. The van der Waals surface area contributed by atoms with E-state index in [0.717, 1.165) is 29.9 Å². The molecule has 0 radical (unpaired) electrons. The molecule has 1 amide bonds. The van der Waals surface area contributed by atoms with Crippen LogP contribution in [0.3, 0.4) is 0 Å². The molecular weight excluding hydrogens is 272 g/mol. The lowest BCUT2D eigenvalue weighted by Gasteiger charge is -2.23. The van der Waals surface area contributed by atoms with Crippen LogP contribution in [0.25, 0.3) is 11.1 Å². The van der Waals surface area contributed by atoms with Gasteiger partial charge in [0.2, 0.25) is 5.91 Å². The number of benzene rings is 2. The predicted octanol–water partition coefficient (Wildman–Crippen LogP) is 3.78. The van der Waals surface area contributed by atoms with Crippen LogP contribution in [-0.4, -0.2) is 29.9 Å². The minimum absolute atomic E-state index is 0.0743. The van der Waals surface area contributed by atoms with E-state index in [1.165, 1.54) is 12.8 Å². The van der Waals surface area contributed by atoms with Crippen LogP contribution in [0.2, 0.25) is 0 Å². The number of nitrogens with zero attached hydrogens (tertiary/aromatic N) is 1. The molecule has 114 valence electrons. The number of likely N-dealkylation sites (tertiary alicyclic amines) is 1. The average Bonchev–Trinajstić information content (AvgIpc) is 3.10. The Bertz CT molecular complexity index is 633. The van der Waals surface area contributed by atoms with Crippen molar-refractivity contribution in [1.82, 2.24) is 4.90 Å². The van der Waals surface area contributed by atoms with Crippen molar-refractivity contribution in [2.24, 2.45) is 0 Å². The number of anilines is 1. The topological polar surface area (TPSA) is 32.3 Å². The zero-order valence-electron chi connectivity index (χ0n) is 13.0. The quantitative estimate of drug-likeness (QED) is 0.931. The predicted molar refractivity (Wildman–Crippen MR) is 90.8 cm³/mol. The van der Waals surface area contributed by atoms with Gasteiger partial charge in [-0.2, -0.15) is 0 Å². The van der Waals surface area contributed by atoms with Gasteiger partial charge in [-0.05, 0) is 44.5 Å². The van der Waals surface area contributed by atoms with Gasteiger partial charge in [-0.25, -0.2) is 0 Å². The van der Waals surface area contributed by atoms with Crippen LogP contribution < -0.4 is 5.32 Å². The summed E-state index contributed by atoms with van der Waals surface area (Å²) in [7, 11) is 0. The molecule has 0 aromatic heterocycles. The molecule has 1 unspecified atom stereocenters. The van der Waals surface area contributed by atoms with Crippen molar-refractivity contribution >= 4 is 11.6 Å². The van der Waals surface area contributed by atoms with E-state index in [2.05, 4.69) is 22.3 Å². The van der Waals surface area contributed by atoms with E-state index in [9.17, 15) is 4.79 Å². The Labute approximate surface area is 132 Å². The molecule has 1 N–H and O–H groups in total. The largest absolute Gasteiger partial charge is 0.324 e. The monoisotopic (exact) mass is 294 g/mol. The Kier molecular flexibility index (Phi) is 4.54. The van der Waals surface area contributed by atoms with E-state index in [4.69, 9.17) is 0 Å². The second kappa shape index (κ2) is 6.75. The van der Waals surface area contributed by atoms with Gasteiger partial charge < -0.3 is 5.32 Å². The van der Waals surface area contributed by atoms with Crippen LogP contribution in [0, 0.1) is 0 Å². The van der Waals surface area contributed by atoms with Crippen molar-refractivity contribution in [2.45, 2.75) is 25.8 Å². The number of hydrogen-bond donors (Lipinski definition) is 1.